The van der Waals surface area contributed by atoms with Crippen LogP contribution in [0.5, 0.6) is 0 Å². The Kier molecular flexibility index (Phi) is 2.72. The molecule has 0 radical (unpaired) electrons. The van der Waals surface area contributed by atoms with Gasteiger partial charge in [-0.3, -0.25) is 0 Å². The molecule has 0 unspecified atom stereocenters. The van der Waals surface area contributed by atoms with Crippen LogP contribution < -0.4 is 0 Å². The molecule has 0 aliphatic carbocycles. The van der Waals surface area contributed by atoms with Crippen LogP contribution in [0, 0.1) is 0 Å². The molecule has 0 amide bonds. The minimum absolute atomic E-state index is 0.361. The van der Waals surface area contributed by atoms with E-state index in [9.17, 15) is 4.79 Å². The number of carboxylic acids is 1. The summed E-state index contributed by atoms with van der Waals surface area (Å²) in [6.07, 6.45) is 0. The second-order valence-corrected chi connectivity index (χ2v) is 1.66. The maximum atomic E-state index is 9.85. The van der Waals surface area contributed by atoms with E-state index in [0.29, 0.717) is 5.57 Å². The van der Waals surface area contributed by atoms with Gasteiger partial charge in [-0.1, -0.05) is 0 Å². The predicted molar refractivity (Wildman–Crippen MR) is 28.5 cm³/mol. The Morgan fingerprint density at radius 1 is 1.86 bits per heavy atom. The molecule has 0 fully saturated rings. The van der Waals surface area contributed by atoms with Crippen molar-refractivity contribution < 1.29 is 9.90 Å². The van der Waals surface area contributed by atoms with Crippen LogP contribution in [-0.4, -0.2) is 27.1 Å². The summed E-state index contributed by atoms with van der Waals surface area (Å²) >= 11 is 2.09. The molecule has 3 heteroatoms. The van der Waals surface area contributed by atoms with E-state index in [-0.39, 0.29) is 0 Å². The van der Waals surface area contributed by atoms with Gasteiger partial charge in [-0.25, -0.2) is 0 Å². The first-order valence-corrected chi connectivity index (χ1v) is 2.81. The fourth-order valence-corrected chi connectivity index (χ4v) is 0.287. The zero-order chi connectivity index (χ0) is 5.86. The maximum absolute atomic E-state index is 9.85. The van der Waals surface area contributed by atoms with Crippen LogP contribution in [0.3, 0.4) is 0 Å². The average molecular weight is 165 g/mol. The number of carboxylic acid groups (broad SMARTS) is 1. The van der Waals surface area contributed by atoms with Crippen LogP contribution in [-0.2, 0) is 4.79 Å². The quantitative estimate of drug-likeness (QED) is 0.434. The van der Waals surface area contributed by atoms with Gasteiger partial charge in [0.15, 0.2) is 0 Å². The Hall–Kier alpha value is -0.271. The second kappa shape index (κ2) is 2.83. The third kappa shape index (κ3) is 2.43. The second-order valence-electron chi connectivity index (χ2n) is 1.12. The molecule has 0 aliphatic rings. The van der Waals surface area contributed by atoms with E-state index in [1.165, 1.54) is 4.97 Å². The fourth-order valence-electron chi connectivity index (χ4n) is 0.0552. The standard InChI is InChI=1S/C4H6O2Se/c1-3(2-7)4(5)6/h2,7H,1H3,(H,5,6). The first-order valence-electron chi connectivity index (χ1n) is 1.72. The molecule has 1 N–H and O–H groups in total. The minimum atomic E-state index is -0.861. The monoisotopic (exact) mass is 166 g/mol. The third-order valence-corrected chi connectivity index (χ3v) is 1.34. The summed E-state index contributed by atoms with van der Waals surface area (Å²) in [4.78, 5) is 11.3. The average Bonchev–Trinajstić information content (AvgIpc) is 1.65. The Morgan fingerprint density at radius 3 is 2.29 bits per heavy atom. The first kappa shape index (κ1) is 6.73. The van der Waals surface area contributed by atoms with Crippen molar-refractivity contribution >= 4 is 22.0 Å². The normalized spacial score (nSPS) is 11.4. The van der Waals surface area contributed by atoms with Crippen LogP contribution in [0.15, 0.2) is 10.5 Å². The predicted octanol–water partition coefficient (Wildman–Crippen LogP) is -0.124. The number of hydrogen-bond acceptors (Lipinski definition) is 1. The van der Waals surface area contributed by atoms with E-state index >= 15 is 0 Å². The third-order valence-electron chi connectivity index (χ3n) is 0.531. The molecule has 0 bridgehead atoms. The van der Waals surface area contributed by atoms with E-state index in [0.717, 1.165) is 0 Å². The zero-order valence-corrected chi connectivity index (χ0v) is 5.76. The van der Waals surface area contributed by atoms with Crippen molar-refractivity contribution in [3.8, 4) is 0 Å². The van der Waals surface area contributed by atoms with Crippen LogP contribution >= 0.6 is 0 Å². The molecular formula is C4H6O2Se. The summed E-state index contributed by atoms with van der Waals surface area (Å²) in [5.41, 5.74) is 0.361. The van der Waals surface area contributed by atoms with Gasteiger partial charge in [0.1, 0.15) is 0 Å². The van der Waals surface area contributed by atoms with Crippen molar-refractivity contribution in [3.05, 3.63) is 10.5 Å². The number of carbonyl (C=O) groups is 1. The summed E-state index contributed by atoms with van der Waals surface area (Å²) in [6, 6.07) is 0. The Labute approximate surface area is 50.0 Å². The summed E-state index contributed by atoms with van der Waals surface area (Å²) < 4.78 is 0. The van der Waals surface area contributed by atoms with Gasteiger partial charge < -0.3 is 0 Å². The van der Waals surface area contributed by atoms with Crippen LogP contribution in [0.1, 0.15) is 6.92 Å². The van der Waals surface area contributed by atoms with Crippen molar-refractivity contribution in [2.45, 2.75) is 6.92 Å². The Bertz CT molecular complexity index is 106. The molecule has 0 aromatic rings. The fraction of sp³-hybridized carbons (Fsp3) is 0.250. The first-order chi connectivity index (χ1) is 3.18. The summed E-state index contributed by atoms with van der Waals surface area (Å²) in [6.45, 7) is 1.54. The van der Waals surface area contributed by atoms with E-state index in [1.54, 1.807) is 6.92 Å². The van der Waals surface area contributed by atoms with Gasteiger partial charge in [0.2, 0.25) is 0 Å². The van der Waals surface area contributed by atoms with Gasteiger partial charge in [-0.15, -0.1) is 0 Å². The summed E-state index contributed by atoms with van der Waals surface area (Å²) in [5, 5.41) is 8.10. The van der Waals surface area contributed by atoms with Gasteiger partial charge in [0.05, 0.1) is 0 Å². The van der Waals surface area contributed by atoms with Crippen LogP contribution in [0.2, 0.25) is 0 Å². The van der Waals surface area contributed by atoms with Crippen molar-refractivity contribution in [2.24, 2.45) is 0 Å². The summed E-state index contributed by atoms with van der Waals surface area (Å²) in [7, 11) is 0. The molecule has 0 saturated heterocycles. The molecular weight excluding hydrogens is 159 g/mol. The topological polar surface area (TPSA) is 37.3 Å². The van der Waals surface area contributed by atoms with E-state index in [4.69, 9.17) is 5.11 Å². The molecule has 40 valence electrons. The number of hydrogen-bond donors (Lipinski definition) is 1. The van der Waals surface area contributed by atoms with Crippen LogP contribution in [0.4, 0.5) is 0 Å². The van der Waals surface area contributed by atoms with E-state index < -0.39 is 5.97 Å². The molecule has 2 nitrogen and oxygen atoms in total. The van der Waals surface area contributed by atoms with Gasteiger partial charge >= 0.3 is 49.4 Å². The Balaban J connectivity index is 3.82. The Morgan fingerprint density at radius 2 is 2.29 bits per heavy atom. The van der Waals surface area contributed by atoms with Crippen molar-refractivity contribution in [2.75, 3.05) is 0 Å². The molecule has 0 heterocycles. The van der Waals surface area contributed by atoms with E-state index in [1.807, 2.05) is 0 Å². The molecule has 0 spiro atoms. The molecule has 0 rings (SSSR count). The molecule has 0 saturated carbocycles. The van der Waals surface area contributed by atoms with Crippen molar-refractivity contribution in [3.63, 3.8) is 0 Å². The van der Waals surface area contributed by atoms with Gasteiger partial charge in [-0.05, 0) is 0 Å². The van der Waals surface area contributed by atoms with Crippen LogP contribution in [0.25, 0.3) is 0 Å². The molecule has 7 heavy (non-hydrogen) atoms. The molecule has 0 aromatic carbocycles. The van der Waals surface area contributed by atoms with Gasteiger partial charge in [-0.2, -0.15) is 0 Å². The molecule has 0 aromatic heterocycles. The zero-order valence-electron chi connectivity index (χ0n) is 3.88. The summed E-state index contributed by atoms with van der Waals surface area (Å²) in [5.74, 6) is -0.861. The number of aliphatic carboxylic acids is 1. The van der Waals surface area contributed by atoms with Crippen molar-refractivity contribution in [1.29, 1.82) is 0 Å². The van der Waals surface area contributed by atoms with Gasteiger partial charge in [0.25, 0.3) is 0 Å². The molecule has 0 aliphatic heterocycles. The van der Waals surface area contributed by atoms with Crippen molar-refractivity contribution in [1.82, 2.24) is 0 Å². The number of rotatable bonds is 1. The van der Waals surface area contributed by atoms with E-state index in [2.05, 4.69) is 16.0 Å². The SMILES string of the molecule is CC(=C[SeH])C(=O)O. The van der Waals surface area contributed by atoms with Gasteiger partial charge in [0, 0.05) is 0 Å². The molecule has 0 atom stereocenters.